The van der Waals surface area contributed by atoms with Gasteiger partial charge in [0.15, 0.2) is 11.4 Å². The van der Waals surface area contributed by atoms with Gasteiger partial charge in [0.25, 0.3) is 11.8 Å². The summed E-state index contributed by atoms with van der Waals surface area (Å²) < 4.78 is 11.3. The summed E-state index contributed by atoms with van der Waals surface area (Å²) in [5, 5.41) is 10.1. The molecule has 1 fully saturated rings. The summed E-state index contributed by atoms with van der Waals surface area (Å²) in [5.74, 6) is 1.07. The van der Waals surface area contributed by atoms with E-state index in [0.29, 0.717) is 42.9 Å². The largest absolute Gasteiger partial charge is 0.497 e. The van der Waals surface area contributed by atoms with Gasteiger partial charge in [0.2, 0.25) is 0 Å². The molecular formula is C23H22N4O4. The van der Waals surface area contributed by atoms with E-state index >= 15 is 0 Å². The highest BCUT2D eigenvalue weighted by Gasteiger charge is 2.43. The number of piperidine rings is 1. The molecule has 0 unspecified atom stereocenters. The summed E-state index contributed by atoms with van der Waals surface area (Å²) in [6.07, 6.45) is 1.02. The molecule has 0 radical (unpaired) electrons. The molecule has 3 heterocycles. The molecule has 2 N–H and O–H groups in total. The van der Waals surface area contributed by atoms with E-state index in [4.69, 9.17) is 9.47 Å². The number of likely N-dealkylation sites (tertiary alicyclic amines) is 1. The van der Waals surface area contributed by atoms with Crippen LogP contribution in [0.4, 0.5) is 0 Å². The number of fused-ring (bicyclic) bond motifs is 1. The second-order valence-corrected chi connectivity index (χ2v) is 7.73. The summed E-state index contributed by atoms with van der Waals surface area (Å²) in [7, 11) is 1.62. The summed E-state index contributed by atoms with van der Waals surface area (Å²) in [6.45, 7) is 0.929. The number of aromatic nitrogens is 2. The molecule has 0 saturated carbocycles. The number of benzene rings is 2. The number of hydrogen-bond acceptors (Lipinski definition) is 5. The highest BCUT2D eigenvalue weighted by molar-refractivity contribution is 5.98. The van der Waals surface area contributed by atoms with E-state index in [1.54, 1.807) is 30.2 Å². The van der Waals surface area contributed by atoms with Crippen molar-refractivity contribution in [1.29, 1.82) is 0 Å². The summed E-state index contributed by atoms with van der Waals surface area (Å²) >= 11 is 0. The van der Waals surface area contributed by atoms with E-state index in [1.165, 1.54) is 0 Å². The van der Waals surface area contributed by atoms with E-state index in [2.05, 4.69) is 15.5 Å². The summed E-state index contributed by atoms with van der Waals surface area (Å²) in [6, 6.07) is 16.5. The first-order valence-electron chi connectivity index (χ1n) is 10.2. The third-order valence-electron chi connectivity index (χ3n) is 5.83. The van der Waals surface area contributed by atoms with E-state index in [9.17, 15) is 9.59 Å². The fourth-order valence-corrected chi connectivity index (χ4v) is 4.06. The maximum absolute atomic E-state index is 13.0. The molecule has 0 atom stereocenters. The topological polar surface area (TPSA) is 96.6 Å². The zero-order valence-electron chi connectivity index (χ0n) is 17.1. The van der Waals surface area contributed by atoms with Gasteiger partial charge < -0.3 is 19.7 Å². The Hall–Kier alpha value is -3.81. The Balaban J connectivity index is 1.27. The number of carbonyl (C=O) groups excluding carboxylic acids is 2. The van der Waals surface area contributed by atoms with Crippen molar-refractivity contribution in [2.24, 2.45) is 0 Å². The van der Waals surface area contributed by atoms with Crippen LogP contribution in [-0.2, 0) is 0 Å². The van der Waals surface area contributed by atoms with Crippen LogP contribution in [0.1, 0.15) is 33.7 Å². The van der Waals surface area contributed by atoms with E-state index in [1.807, 2.05) is 36.4 Å². The Morgan fingerprint density at radius 3 is 2.61 bits per heavy atom. The van der Waals surface area contributed by atoms with Gasteiger partial charge in [0.05, 0.1) is 18.4 Å². The van der Waals surface area contributed by atoms with E-state index in [0.717, 1.165) is 17.0 Å². The number of amides is 2. The molecule has 31 heavy (non-hydrogen) atoms. The van der Waals surface area contributed by atoms with Crippen molar-refractivity contribution in [3.63, 3.8) is 0 Å². The van der Waals surface area contributed by atoms with E-state index < -0.39 is 5.72 Å². The summed E-state index contributed by atoms with van der Waals surface area (Å²) in [5.41, 5.74) is 1.80. The smallest absolute Gasteiger partial charge is 0.274 e. The van der Waals surface area contributed by atoms with Crippen LogP contribution in [0.25, 0.3) is 11.3 Å². The normalized spacial score (nSPS) is 16.9. The van der Waals surface area contributed by atoms with Gasteiger partial charge in [-0.3, -0.25) is 14.7 Å². The molecule has 1 aromatic heterocycles. The van der Waals surface area contributed by atoms with Crippen molar-refractivity contribution >= 4 is 11.8 Å². The van der Waals surface area contributed by atoms with Crippen LogP contribution in [0.15, 0.2) is 54.6 Å². The lowest BCUT2D eigenvalue weighted by Crippen LogP contribution is -2.61. The minimum atomic E-state index is -0.776. The van der Waals surface area contributed by atoms with Crippen molar-refractivity contribution in [1.82, 2.24) is 20.4 Å². The molecule has 0 aliphatic carbocycles. The van der Waals surface area contributed by atoms with Gasteiger partial charge in [0, 0.05) is 25.9 Å². The van der Waals surface area contributed by atoms with Gasteiger partial charge in [-0.2, -0.15) is 5.10 Å². The molecule has 2 aliphatic rings. The number of carbonyl (C=O) groups is 2. The number of H-pyrrole nitrogens is 1. The first-order valence-corrected chi connectivity index (χ1v) is 10.2. The number of nitrogens with zero attached hydrogens (tertiary/aromatic N) is 2. The first kappa shape index (κ1) is 19.2. The van der Waals surface area contributed by atoms with Crippen LogP contribution in [0, 0.1) is 0 Å². The lowest BCUT2D eigenvalue weighted by molar-refractivity contribution is -0.0246. The van der Waals surface area contributed by atoms with Crippen LogP contribution >= 0.6 is 0 Å². The maximum atomic E-state index is 13.0. The zero-order chi connectivity index (χ0) is 21.4. The number of aromatic amines is 1. The van der Waals surface area contributed by atoms with Crippen LogP contribution in [0.5, 0.6) is 11.5 Å². The standard InChI is InChI=1S/C23H22N4O4/c1-30-16-8-6-15(7-9-16)18-14-19(26-25-18)22(29)27-12-10-23(11-13-27)24-21(28)17-4-2-3-5-20(17)31-23/h2-9,14H,10-13H2,1H3,(H,24,28)(H,25,26). The average molecular weight is 418 g/mol. The second-order valence-electron chi connectivity index (χ2n) is 7.73. The molecule has 0 bridgehead atoms. The predicted molar refractivity (Wildman–Crippen MR) is 113 cm³/mol. The Bertz CT molecular complexity index is 1130. The van der Waals surface area contributed by atoms with Gasteiger partial charge in [-0.1, -0.05) is 12.1 Å². The van der Waals surface area contributed by atoms with Crippen LogP contribution in [0.2, 0.25) is 0 Å². The Labute approximate surface area is 179 Å². The van der Waals surface area contributed by atoms with Gasteiger partial charge >= 0.3 is 0 Å². The number of nitrogens with one attached hydrogen (secondary N) is 2. The van der Waals surface area contributed by atoms with Gasteiger partial charge in [-0.05, 0) is 48.0 Å². The monoisotopic (exact) mass is 418 g/mol. The Kier molecular flexibility index (Phi) is 4.62. The Morgan fingerprint density at radius 1 is 1.13 bits per heavy atom. The third kappa shape index (κ3) is 3.50. The summed E-state index contributed by atoms with van der Waals surface area (Å²) in [4.78, 5) is 27.2. The van der Waals surface area contributed by atoms with Crippen LogP contribution in [0.3, 0.4) is 0 Å². The molecule has 5 rings (SSSR count). The molecule has 3 aromatic rings. The number of ether oxygens (including phenoxy) is 2. The van der Waals surface area contributed by atoms with Gasteiger partial charge in [-0.25, -0.2) is 0 Å². The fourth-order valence-electron chi connectivity index (χ4n) is 4.06. The third-order valence-corrected chi connectivity index (χ3v) is 5.83. The number of para-hydroxylation sites is 1. The molecule has 1 spiro atoms. The Morgan fingerprint density at radius 2 is 1.87 bits per heavy atom. The SMILES string of the molecule is COc1ccc(-c2cc(C(=O)N3CCC4(CC3)NC(=O)c3ccccc3O4)n[nH]2)cc1. The van der Waals surface area contributed by atoms with Crippen LogP contribution < -0.4 is 14.8 Å². The fraction of sp³-hybridized carbons (Fsp3) is 0.261. The minimum absolute atomic E-state index is 0.141. The molecule has 8 nitrogen and oxygen atoms in total. The van der Waals surface area contributed by atoms with E-state index in [-0.39, 0.29) is 11.8 Å². The number of hydrogen-bond donors (Lipinski definition) is 2. The maximum Gasteiger partial charge on any atom is 0.274 e. The quantitative estimate of drug-likeness (QED) is 0.682. The van der Waals surface area contributed by atoms with Crippen molar-refractivity contribution in [2.75, 3.05) is 20.2 Å². The van der Waals surface area contributed by atoms with Gasteiger partial charge in [0.1, 0.15) is 11.5 Å². The molecular weight excluding hydrogens is 396 g/mol. The van der Waals surface area contributed by atoms with Crippen LogP contribution in [-0.4, -0.2) is 52.8 Å². The predicted octanol–water partition coefficient (Wildman–Crippen LogP) is 2.84. The molecule has 1 saturated heterocycles. The van der Waals surface area contributed by atoms with Gasteiger partial charge in [-0.15, -0.1) is 0 Å². The number of methoxy groups -OCH3 is 1. The lowest BCUT2D eigenvalue weighted by atomic mass is 9.96. The zero-order valence-corrected chi connectivity index (χ0v) is 17.1. The molecule has 2 aromatic carbocycles. The molecule has 2 aliphatic heterocycles. The molecule has 2 amide bonds. The lowest BCUT2D eigenvalue weighted by Gasteiger charge is -2.44. The highest BCUT2D eigenvalue weighted by atomic mass is 16.5. The van der Waals surface area contributed by atoms with Crippen molar-refractivity contribution in [3.8, 4) is 22.8 Å². The van der Waals surface area contributed by atoms with Crippen molar-refractivity contribution < 1.29 is 19.1 Å². The van der Waals surface area contributed by atoms with Crippen molar-refractivity contribution in [2.45, 2.75) is 18.6 Å². The molecule has 158 valence electrons. The molecule has 8 heteroatoms. The second kappa shape index (κ2) is 7.46. The minimum Gasteiger partial charge on any atom is -0.497 e. The first-order chi connectivity index (χ1) is 15.1. The van der Waals surface area contributed by atoms with Crippen molar-refractivity contribution in [3.05, 3.63) is 65.9 Å². The highest BCUT2D eigenvalue weighted by Crippen LogP contribution is 2.33. The number of rotatable bonds is 3. The average Bonchev–Trinajstić information content (AvgIpc) is 3.29.